The standard InChI is InChI=1S/C20H29N3O5/c1-3-28-18-16(5-4-9-21-18)19(25)23-10-7-20(26-2,8-11-23)14-22-17(24)15-6-12-27-13-15/h4-5,9,15H,3,6-8,10-14H2,1-2H3,(H,22,24). The maximum atomic E-state index is 12.9. The smallest absolute Gasteiger partial charge is 0.259 e. The van der Waals surface area contributed by atoms with Gasteiger partial charge in [-0.3, -0.25) is 9.59 Å². The molecule has 0 bridgehead atoms. The van der Waals surface area contributed by atoms with E-state index in [0.717, 1.165) is 6.42 Å². The third-order valence-electron chi connectivity index (χ3n) is 5.56. The molecule has 2 saturated heterocycles. The molecule has 0 aliphatic carbocycles. The number of likely N-dealkylation sites (tertiary alicyclic amines) is 1. The summed E-state index contributed by atoms with van der Waals surface area (Å²) in [6.45, 7) is 4.99. The molecule has 0 spiro atoms. The van der Waals surface area contributed by atoms with Crippen molar-refractivity contribution in [2.75, 3.05) is 46.6 Å². The molecule has 0 saturated carbocycles. The highest BCUT2D eigenvalue weighted by Gasteiger charge is 2.37. The van der Waals surface area contributed by atoms with Gasteiger partial charge in [-0.25, -0.2) is 4.98 Å². The molecular formula is C20H29N3O5. The van der Waals surface area contributed by atoms with Crippen molar-refractivity contribution >= 4 is 11.8 Å². The maximum Gasteiger partial charge on any atom is 0.259 e. The molecule has 2 fully saturated rings. The zero-order chi connectivity index (χ0) is 20.0. The van der Waals surface area contributed by atoms with Gasteiger partial charge in [0, 0.05) is 39.5 Å². The Morgan fingerprint density at radius 1 is 1.39 bits per heavy atom. The van der Waals surface area contributed by atoms with E-state index in [1.54, 1.807) is 30.3 Å². The number of amides is 2. The molecule has 1 aromatic heterocycles. The molecule has 154 valence electrons. The molecule has 2 aliphatic heterocycles. The summed E-state index contributed by atoms with van der Waals surface area (Å²) in [6.07, 6.45) is 3.69. The quantitative estimate of drug-likeness (QED) is 0.753. The minimum absolute atomic E-state index is 0.0177. The van der Waals surface area contributed by atoms with Crippen molar-refractivity contribution in [3.8, 4) is 5.88 Å². The minimum Gasteiger partial charge on any atom is -0.477 e. The van der Waals surface area contributed by atoms with E-state index in [0.29, 0.717) is 63.7 Å². The van der Waals surface area contributed by atoms with E-state index < -0.39 is 5.60 Å². The highest BCUT2D eigenvalue weighted by molar-refractivity contribution is 5.96. The van der Waals surface area contributed by atoms with Crippen molar-refractivity contribution in [1.29, 1.82) is 0 Å². The second-order valence-electron chi connectivity index (χ2n) is 7.25. The molecule has 3 heterocycles. The number of methoxy groups -OCH3 is 1. The maximum absolute atomic E-state index is 12.9. The van der Waals surface area contributed by atoms with E-state index in [-0.39, 0.29) is 17.7 Å². The summed E-state index contributed by atoms with van der Waals surface area (Å²) in [5, 5.41) is 3.01. The predicted molar refractivity (Wildman–Crippen MR) is 102 cm³/mol. The van der Waals surface area contributed by atoms with Crippen molar-refractivity contribution in [3.63, 3.8) is 0 Å². The number of aromatic nitrogens is 1. The third-order valence-corrected chi connectivity index (χ3v) is 5.56. The van der Waals surface area contributed by atoms with E-state index in [4.69, 9.17) is 14.2 Å². The minimum atomic E-state index is -0.455. The second kappa shape index (κ2) is 9.34. The van der Waals surface area contributed by atoms with Crippen LogP contribution in [0.25, 0.3) is 0 Å². The molecule has 3 rings (SSSR count). The van der Waals surface area contributed by atoms with E-state index in [1.165, 1.54) is 0 Å². The summed E-state index contributed by atoms with van der Waals surface area (Å²) in [5.74, 6) is 0.223. The van der Waals surface area contributed by atoms with Crippen molar-refractivity contribution in [2.45, 2.75) is 31.8 Å². The zero-order valence-electron chi connectivity index (χ0n) is 16.6. The van der Waals surface area contributed by atoms with Crippen LogP contribution in [0.5, 0.6) is 5.88 Å². The van der Waals surface area contributed by atoms with Crippen LogP contribution in [0, 0.1) is 5.92 Å². The van der Waals surface area contributed by atoms with Crippen LogP contribution in [0.2, 0.25) is 0 Å². The summed E-state index contributed by atoms with van der Waals surface area (Å²) < 4.78 is 16.5. The van der Waals surface area contributed by atoms with Crippen LogP contribution in [0.15, 0.2) is 18.3 Å². The number of hydrogen-bond acceptors (Lipinski definition) is 6. The summed E-state index contributed by atoms with van der Waals surface area (Å²) >= 11 is 0. The summed E-state index contributed by atoms with van der Waals surface area (Å²) in [4.78, 5) is 31.1. The first-order valence-electron chi connectivity index (χ1n) is 9.86. The van der Waals surface area contributed by atoms with Crippen LogP contribution < -0.4 is 10.1 Å². The number of pyridine rings is 1. The summed E-state index contributed by atoms with van der Waals surface area (Å²) in [5.41, 5.74) is 0.0210. The Morgan fingerprint density at radius 3 is 2.82 bits per heavy atom. The number of rotatable bonds is 7. The molecule has 8 heteroatoms. The van der Waals surface area contributed by atoms with Gasteiger partial charge in [0.15, 0.2) is 0 Å². The van der Waals surface area contributed by atoms with Gasteiger partial charge in [-0.05, 0) is 38.3 Å². The topological polar surface area (TPSA) is 90.0 Å². The van der Waals surface area contributed by atoms with Crippen molar-refractivity contribution in [1.82, 2.24) is 15.2 Å². The SMILES string of the molecule is CCOc1ncccc1C(=O)N1CCC(CNC(=O)C2CCOC2)(OC)CC1. The lowest BCUT2D eigenvalue weighted by Gasteiger charge is -2.41. The van der Waals surface area contributed by atoms with Gasteiger partial charge in [0.1, 0.15) is 5.56 Å². The number of nitrogens with one attached hydrogen (secondary N) is 1. The fraction of sp³-hybridized carbons (Fsp3) is 0.650. The first-order chi connectivity index (χ1) is 13.6. The molecular weight excluding hydrogens is 362 g/mol. The highest BCUT2D eigenvalue weighted by atomic mass is 16.5. The molecule has 8 nitrogen and oxygen atoms in total. The van der Waals surface area contributed by atoms with E-state index in [9.17, 15) is 9.59 Å². The number of carbonyl (C=O) groups excluding carboxylic acids is 2. The number of carbonyl (C=O) groups is 2. The second-order valence-corrected chi connectivity index (χ2v) is 7.25. The Morgan fingerprint density at radius 2 is 2.18 bits per heavy atom. The monoisotopic (exact) mass is 391 g/mol. The van der Waals surface area contributed by atoms with Crippen molar-refractivity contribution in [2.24, 2.45) is 5.92 Å². The van der Waals surface area contributed by atoms with E-state index >= 15 is 0 Å². The van der Waals surface area contributed by atoms with Crippen molar-refractivity contribution < 1.29 is 23.8 Å². The summed E-state index contributed by atoms with van der Waals surface area (Å²) in [6, 6.07) is 3.48. The van der Waals surface area contributed by atoms with Crippen LogP contribution >= 0.6 is 0 Å². The zero-order valence-corrected chi connectivity index (χ0v) is 16.6. The Labute approximate surface area is 165 Å². The molecule has 1 unspecified atom stereocenters. The van der Waals surface area contributed by atoms with Crippen LogP contribution in [0.3, 0.4) is 0 Å². The normalized spacial score (nSPS) is 21.4. The molecule has 1 atom stereocenters. The molecule has 1 N–H and O–H groups in total. The van der Waals surface area contributed by atoms with Crippen LogP contribution in [-0.2, 0) is 14.3 Å². The molecule has 1 aromatic rings. The molecule has 28 heavy (non-hydrogen) atoms. The van der Waals surface area contributed by atoms with Gasteiger partial charge in [0.25, 0.3) is 5.91 Å². The number of ether oxygens (including phenoxy) is 3. The van der Waals surface area contributed by atoms with Gasteiger partial charge >= 0.3 is 0 Å². The lowest BCUT2D eigenvalue weighted by Crippen LogP contribution is -2.53. The van der Waals surface area contributed by atoms with Gasteiger partial charge in [0.05, 0.1) is 24.7 Å². The fourth-order valence-corrected chi connectivity index (χ4v) is 3.68. The Hall–Kier alpha value is -2.19. The van der Waals surface area contributed by atoms with Gasteiger partial charge in [-0.1, -0.05) is 0 Å². The first kappa shape index (κ1) is 20.5. The lowest BCUT2D eigenvalue weighted by molar-refractivity contribution is -0.127. The Kier molecular flexibility index (Phi) is 6.85. The van der Waals surface area contributed by atoms with Gasteiger partial charge < -0.3 is 24.4 Å². The average molecular weight is 391 g/mol. The highest BCUT2D eigenvalue weighted by Crippen LogP contribution is 2.28. The number of piperidine rings is 1. The lowest BCUT2D eigenvalue weighted by atomic mass is 9.90. The fourth-order valence-electron chi connectivity index (χ4n) is 3.68. The third kappa shape index (κ3) is 4.62. The molecule has 2 amide bonds. The van der Waals surface area contributed by atoms with Crippen LogP contribution in [0.4, 0.5) is 0 Å². The first-order valence-corrected chi connectivity index (χ1v) is 9.86. The van der Waals surface area contributed by atoms with Gasteiger partial charge in [-0.2, -0.15) is 0 Å². The molecule has 0 aromatic carbocycles. The molecule has 2 aliphatic rings. The van der Waals surface area contributed by atoms with Crippen LogP contribution in [0.1, 0.15) is 36.5 Å². The Bertz CT molecular complexity index is 682. The van der Waals surface area contributed by atoms with Gasteiger partial charge in [-0.15, -0.1) is 0 Å². The van der Waals surface area contributed by atoms with E-state index in [2.05, 4.69) is 10.3 Å². The van der Waals surface area contributed by atoms with E-state index in [1.807, 2.05) is 6.92 Å². The largest absolute Gasteiger partial charge is 0.477 e. The Balaban J connectivity index is 1.57. The van der Waals surface area contributed by atoms with Gasteiger partial charge in [0.2, 0.25) is 11.8 Å². The average Bonchev–Trinajstić information content (AvgIpc) is 3.28. The number of hydrogen-bond donors (Lipinski definition) is 1. The summed E-state index contributed by atoms with van der Waals surface area (Å²) in [7, 11) is 1.66. The molecule has 0 radical (unpaired) electrons. The number of nitrogens with zero attached hydrogens (tertiary/aromatic N) is 2. The van der Waals surface area contributed by atoms with Crippen LogP contribution in [-0.4, -0.2) is 73.9 Å². The predicted octanol–water partition coefficient (Wildman–Crippen LogP) is 1.25. The van der Waals surface area contributed by atoms with Crippen molar-refractivity contribution in [3.05, 3.63) is 23.9 Å².